The van der Waals surface area contributed by atoms with E-state index in [4.69, 9.17) is 11.6 Å². The number of nitrogens with one attached hydrogen (secondary N) is 1. The lowest BCUT2D eigenvalue weighted by atomic mass is 10.1. The van der Waals surface area contributed by atoms with Gasteiger partial charge in [0.05, 0.1) is 17.6 Å². The summed E-state index contributed by atoms with van der Waals surface area (Å²) in [5.74, 6) is 0.417. The molecule has 3 heterocycles. The summed E-state index contributed by atoms with van der Waals surface area (Å²) in [7, 11) is 0. The highest BCUT2D eigenvalue weighted by Crippen LogP contribution is 2.31. The molecular weight excluding hydrogens is 546 g/mol. The average molecular weight is 576 g/mol. The number of carbonyl (C=O) groups is 2. The molecule has 4 aromatic rings. The van der Waals surface area contributed by atoms with Crippen LogP contribution in [-0.4, -0.2) is 57.5 Å². The Morgan fingerprint density at radius 2 is 1.68 bits per heavy atom. The molecule has 1 fully saturated rings. The minimum Gasteiger partial charge on any atom is -0.366 e. The number of hydrogen-bond acceptors (Lipinski definition) is 6. The highest BCUT2D eigenvalue weighted by molar-refractivity contribution is 7.98. The fourth-order valence-corrected chi connectivity index (χ4v) is 6.25. The number of H-pyrrole nitrogens is 1. The van der Waals surface area contributed by atoms with Crippen molar-refractivity contribution in [2.75, 3.05) is 31.1 Å². The molecule has 0 radical (unpaired) electrons. The first-order valence-corrected chi connectivity index (χ1v) is 14.4. The van der Waals surface area contributed by atoms with E-state index in [-0.39, 0.29) is 17.2 Å². The molecule has 0 bridgehead atoms. The minimum atomic E-state index is -0.185. The van der Waals surface area contributed by atoms with Gasteiger partial charge in [-0.25, -0.2) is 0 Å². The third kappa shape index (κ3) is 5.57. The van der Waals surface area contributed by atoms with Gasteiger partial charge < -0.3 is 14.8 Å². The van der Waals surface area contributed by atoms with Gasteiger partial charge in [-0.3, -0.25) is 14.4 Å². The lowest BCUT2D eigenvalue weighted by Crippen LogP contribution is -2.49. The maximum atomic E-state index is 13.7. The van der Waals surface area contributed by atoms with Crippen LogP contribution in [0.25, 0.3) is 5.69 Å². The number of halogens is 1. The number of amides is 1. The first-order valence-electron chi connectivity index (χ1n) is 13.0. The first kappa shape index (κ1) is 27.7. The molecule has 1 saturated heterocycles. The quantitative estimate of drug-likeness (QED) is 0.238. The van der Waals surface area contributed by atoms with Gasteiger partial charge in [-0.1, -0.05) is 41.9 Å². The van der Waals surface area contributed by atoms with Gasteiger partial charge in [0.15, 0.2) is 5.78 Å². The zero-order valence-electron chi connectivity index (χ0n) is 22.6. The number of nitrogens with zero attached hydrogens (tertiary/aromatic N) is 4. The monoisotopic (exact) mass is 575 g/mol. The summed E-state index contributed by atoms with van der Waals surface area (Å²) >= 11 is 7.53. The number of benzene rings is 2. The Morgan fingerprint density at radius 3 is 2.30 bits per heavy atom. The maximum Gasteiger partial charge on any atom is 0.287 e. The second-order valence-electron chi connectivity index (χ2n) is 9.79. The Kier molecular flexibility index (Phi) is 8.14. The van der Waals surface area contributed by atoms with Gasteiger partial charge in [-0.15, -0.1) is 11.8 Å². The fraction of sp³-hybridized carbons (Fsp3) is 0.267. The Bertz CT molecular complexity index is 1610. The lowest BCUT2D eigenvalue weighted by Gasteiger charge is -2.36. The molecule has 0 saturated carbocycles. The standard InChI is InChI=1S/C30H30ClN5O3S/c1-19-26(21(3)37)20(2)33-27(19)29(38)35-15-13-34(14-16-35)25-17-32-36(24-7-5-4-6-8-24)30(39)28(25)40-18-22-9-11-23(31)12-10-22/h4-12,17,33H,13-16,18H2,1-3H3. The number of aromatic nitrogens is 3. The van der Waals surface area contributed by atoms with Crippen LogP contribution in [0.5, 0.6) is 0 Å². The normalized spacial score (nSPS) is 13.5. The Hall–Kier alpha value is -3.82. The number of carbonyl (C=O) groups excluding carboxylic acids is 2. The number of aromatic amines is 1. The van der Waals surface area contributed by atoms with Gasteiger partial charge >= 0.3 is 0 Å². The van der Waals surface area contributed by atoms with Crippen LogP contribution in [0.4, 0.5) is 5.69 Å². The molecule has 1 aliphatic heterocycles. The van der Waals surface area contributed by atoms with Crippen LogP contribution in [0, 0.1) is 13.8 Å². The van der Waals surface area contributed by atoms with E-state index in [0.29, 0.717) is 70.1 Å². The smallest absolute Gasteiger partial charge is 0.287 e. The Morgan fingerprint density at radius 1 is 1.00 bits per heavy atom. The van der Waals surface area contributed by atoms with Gasteiger partial charge in [0.2, 0.25) is 0 Å². The topological polar surface area (TPSA) is 91.3 Å². The van der Waals surface area contributed by atoms with Crippen molar-refractivity contribution >= 4 is 40.7 Å². The third-order valence-electron chi connectivity index (χ3n) is 7.12. The van der Waals surface area contributed by atoms with Crippen LogP contribution in [-0.2, 0) is 5.75 Å². The second-order valence-corrected chi connectivity index (χ2v) is 11.2. The molecule has 1 amide bonds. The summed E-state index contributed by atoms with van der Waals surface area (Å²) in [5.41, 5.74) is 4.76. The first-order chi connectivity index (χ1) is 19.2. The van der Waals surface area contributed by atoms with E-state index >= 15 is 0 Å². The van der Waals surface area contributed by atoms with Crippen molar-refractivity contribution in [1.29, 1.82) is 0 Å². The van der Waals surface area contributed by atoms with Gasteiger partial charge in [0.25, 0.3) is 11.5 Å². The van der Waals surface area contributed by atoms with Crippen LogP contribution in [0.3, 0.4) is 0 Å². The van der Waals surface area contributed by atoms with Crippen molar-refractivity contribution in [2.24, 2.45) is 0 Å². The Labute approximate surface area is 242 Å². The van der Waals surface area contributed by atoms with Crippen molar-refractivity contribution in [3.63, 3.8) is 0 Å². The van der Waals surface area contributed by atoms with E-state index in [2.05, 4.69) is 15.0 Å². The number of rotatable bonds is 7. The van der Waals surface area contributed by atoms with Gasteiger partial charge in [-0.05, 0) is 56.2 Å². The minimum absolute atomic E-state index is 0.0588. The van der Waals surface area contributed by atoms with Crippen LogP contribution in [0.15, 0.2) is 70.5 Å². The molecule has 0 aliphatic carbocycles. The molecule has 2 aromatic heterocycles. The summed E-state index contributed by atoms with van der Waals surface area (Å²) < 4.78 is 1.43. The SMILES string of the molecule is CC(=O)c1c(C)[nH]c(C(=O)N2CCN(c3cnn(-c4ccccc4)c(=O)c3SCc3ccc(Cl)cc3)CC2)c1C. The summed E-state index contributed by atoms with van der Waals surface area (Å²) in [6.45, 7) is 7.19. The van der Waals surface area contributed by atoms with Gasteiger partial charge in [-0.2, -0.15) is 9.78 Å². The van der Waals surface area contributed by atoms with E-state index in [1.807, 2.05) is 61.5 Å². The van der Waals surface area contributed by atoms with Crippen molar-refractivity contribution in [1.82, 2.24) is 19.7 Å². The van der Waals surface area contributed by atoms with Crippen LogP contribution < -0.4 is 10.5 Å². The molecular formula is C30H30ClN5O3S. The van der Waals surface area contributed by atoms with Crippen molar-refractivity contribution in [3.05, 3.63) is 104 Å². The maximum absolute atomic E-state index is 13.7. The lowest BCUT2D eigenvalue weighted by molar-refractivity contribution is 0.0740. The molecule has 5 rings (SSSR count). The number of ketones is 1. The molecule has 0 unspecified atom stereocenters. The molecule has 206 valence electrons. The summed E-state index contributed by atoms with van der Waals surface area (Å²) in [4.78, 5) is 46.7. The van der Waals surface area contributed by atoms with E-state index in [0.717, 1.165) is 11.3 Å². The molecule has 1 N–H and O–H groups in total. The van der Waals surface area contributed by atoms with E-state index < -0.39 is 0 Å². The van der Waals surface area contributed by atoms with Crippen molar-refractivity contribution in [2.45, 2.75) is 31.4 Å². The fourth-order valence-electron chi connectivity index (χ4n) is 5.08. The predicted molar refractivity (Wildman–Crippen MR) is 159 cm³/mol. The summed E-state index contributed by atoms with van der Waals surface area (Å²) in [6.07, 6.45) is 1.74. The number of piperazine rings is 1. The average Bonchev–Trinajstić information content (AvgIpc) is 3.27. The second kappa shape index (κ2) is 11.7. The molecule has 0 spiro atoms. The number of thioether (sulfide) groups is 1. The highest BCUT2D eigenvalue weighted by atomic mass is 35.5. The molecule has 8 nitrogen and oxygen atoms in total. The zero-order chi connectivity index (χ0) is 28.4. The summed E-state index contributed by atoms with van der Waals surface area (Å²) in [6, 6.07) is 17.0. The van der Waals surface area contributed by atoms with Gasteiger partial charge in [0, 0.05) is 48.2 Å². The molecule has 10 heteroatoms. The van der Waals surface area contributed by atoms with Crippen LogP contribution in [0.2, 0.25) is 5.02 Å². The van der Waals surface area contributed by atoms with E-state index in [9.17, 15) is 14.4 Å². The summed E-state index contributed by atoms with van der Waals surface area (Å²) in [5, 5.41) is 5.17. The van der Waals surface area contributed by atoms with Crippen LogP contribution in [0.1, 0.15) is 44.6 Å². The van der Waals surface area contributed by atoms with E-state index in [1.165, 1.54) is 23.4 Å². The van der Waals surface area contributed by atoms with E-state index in [1.54, 1.807) is 18.0 Å². The molecule has 0 atom stereocenters. The molecule has 40 heavy (non-hydrogen) atoms. The predicted octanol–water partition coefficient (Wildman–Crippen LogP) is 5.29. The van der Waals surface area contributed by atoms with Crippen molar-refractivity contribution in [3.8, 4) is 5.69 Å². The molecule has 1 aliphatic rings. The molecule has 2 aromatic carbocycles. The number of Topliss-reactive ketones (excluding diaryl/α,β-unsaturated/α-hetero) is 1. The highest BCUT2D eigenvalue weighted by Gasteiger charge is 2.28. The number of hydrogen-bond donors (Lipinski definition) is 1. The van der Waals surface area contributed by atoms with Crippen LogP contribution >= 0.6 is 23.4 Å². The number of anilines is 1. The third-order valence-corrected chi connectivity index (χ3v) is 8.53. The Balaban J connectivity index is 1.39. The van der Waals surface area contributed by atoms with Crippen molar-refractivity contribution < 1.29 is 9.59 Å². The van der Waals surface area contributed by atoms with Gasteiger partial charge in [0.1, 0.15) is 10.6 Å². The number of aryl methyl sites for hydroxylation is 1. The number of para-hydroxylation sites is 1. The largest absolute Gasteiger partial charge is 0.366 e. The zero-order valence-corrected chi connectivity index (χ0v) is 24.2.